The summed E-state index contributed by atoms with van der Waals surface area (Å²) in [6.45, 7) is 3.75. The highest BCUT2D eigenvalue weighted by Crippen LogP contribution is 2.27. The molecular weight excluding hydrogens is 368 g/mol. The molecule has 0 heterocycles. The Balaban J connectivity index is 2.16. The minimum absolute atomic E-state index is 0.0272. The van der Waals surface area contributed by atoms with Crippen LogP contribution in [0.1, 0.15) is 29.8 Å². The number of hydrogen-bond acceptors (Lipinski definition) is 5. The van der Waals surface area contributed by atoms with Crippen LogP contribution in [0.4, 0.5) is 0 Å². The van der Waals surface area contributed by atoms with Crippen molar-refractivity contribution >= 4 is 15.9 Å². The van der Waals surface area contributed by atoms with E-state index in [0.29, 0.717) is 17.1 Å². The van der Waals surface area contributed by atoms with Crippen molar-refractivity contribution in [1.82, 2.24) is 10.0 Å². The van der Waals surface area contributed by atoms with Gasteiger partial charge in [-0.25, -0.2) is 13.1 Å². The van der Waals surface area contributed by atoms with Crippen molar-refractivity contribution < 1.29 is 22.7 Å². The Bertz CT molecular complexity index is 910. The van der Waals surface area contributed by atoms with Crippen LogP contribution in [0.15, 0.2) is 47.4 Å². The second-order valence-electron chi connectivity index (χ2n) is 6.17. The number of carbonyl (C=O) groups excluding carboxylic acids is 1. The summed E-state index contributed by atoms with van der Waals surface area (Å²) >= 11 is 0. The molecule has 0 fully saturated rings. The number of ether oxygens (including phenoxy) is 2. The first kappa shape index (κ1) is 20.7. The maximum Gasteiger partial charge on any atom is 0.251 e. The minimum atomic E-state index is -3.78. The van der Waals surface area contributed by atoms with Gasteiger partial charge in [-0.2, -0.15) is 0 Å². The van der Waals surface area contributed by atoms with E-state index in [1.807, 2.05) is 13.8 Å². The molecule has 0 spiro atoms. The van der Waals surface area contributed by atoms with Crippen molar-refractivity contribution in [2.75, 3.05) is 14.2 Å². The molecule has 2 aromatic rings. The van der Waals surface area contributed by atoms with Crippen LogP contribution in [0.25, 0.3) is 0 Å². The normalized spacial score (nSPS) is 11.3. The van der Waals surface area contributed by atoms with Gasteiger partial charge in [-0.1, -0.05) is 12.1 Å². The van der Waals surface area contributed by atoms with E-state index in [9.17, 15) is 13.2 Å². The number of hydrogen-bond donors (Lipinski definition) is 2. The summed E-state index contributed by atoms with van der Waals surface area (Å²) < 4.78 is 38.1. The van der Waals surface area contributed by atoms with Crippen molar-refractivity contribution in [2.24, 2.45) is 0 Å². The first-order valence-electron chi connectivity index (χ1n) is 8.38. The van der Waals surface area contributed by atoms with Crippen LogP contribution in [-0.4, -0.2) is 34.6 Å². The summed E-state index contributed by atoms with van der Waals surface area (Å²) in [5, 5.41) is 2.74. The zero-order valence-electron chi connectivity index (χ0n) is 15.8. The Morgan fingerprint density at radius 2 is 1.74 bits per heavy atom. The van der Waals surface area contributed by atoms with E-state index >= 15 is 0 Å². The third-order valence-corrected chi connectivity index (χ3v) is 5.14. The molecule has 0 unspecified atom stereocenters. The standard InChI is InChI=1S/C19H24N2O5S/c1-13(2)21-19(22)15-6-5-7-16(11-15)27(23,24)20-12-14-8-9-17(25-3)18(10-14)26-4/h5-11,13,20H,12H2,1-4H3,(H,21,22). The number of benzene rings is 2. The average Bonchev–Trinajstić information content (AvgIpc) is 2.65. The highest BCUT2D eigenvalue weighted by Gasteiger charge is 2.17. The van der Waals surface area contributed by atoms with Gasteiger partial charge in [-0.3, -0.25) is 4.79 Å². The third-order valence-electron chi connectivity index (χ3n) is 3.74. The van der Waals surface area contributed by atoms with E-state index in [1.165, 1.54) is 26.4 Å². The van der Waals surface area contributed by atoms with Gasteiger partial charge in [0.15, 0.2) is 11.5 Å². The second-order valence-corrected chi connectivity index (χ2v) is 7.94. The quantitative estimate of drug-likeness (QED) is 0.719. The molecule has 2 N–H and O–H groups in total. The predicted molar refractivity (Wildman–Crippen MR) is 103 cm³/mol. The fourth-order valence-electron chi connectivity index (χ4n) is 2.40. The molecule has 0 saturated carbocycles. The number of methoxy groups -OCH3 is 2. The van der Waals surface area contributed by atoms with Crippen LogP contribution >= 0.6 is 0 Å². The SMILES string of the molecule is COc1ccc(CNS(=O)(=O)c2cccc(C(=O)NC(C)C)c2)cc1OC. The van der Waals surface area contributed by atoms with E-state index < -0.39 is 10.0 Å². The Kier molecular flexibility index (Phi) is 6.81. The number of rotatable bonds is 8. The molecule has 0 radical (unpaired) electrons. The van der Waals surface area contributed by atoms with Gasteiger partial charge in [0.2, 0.25) is 10.0 Å². The maximum atomic E-state index is 12.6. The van der Waals surface area contributed by atoms with Crippen molar-refractivity contribution in [2.45, 2.75) is 31.3 Å². The van der Waals surface area contributed by atoms with E-state index in [2.05, 4.69) is 10.0 Å². The summed E-state index contributed by atoms with van der Waals surface area (Å²) in [6.07, 6.45) is 0. The molecule has 0 atom stereocenters. The van der Waals surface area contributed by atoms with E-state index in [-0.39, 0.29) is 29.0 Å². The fourth-order valence-corrected chi connectivity index (χ4v) is 3.47. The summed E-state index contributed by atoms with van der Waals surface area (Å²) in [6, 6.07) is 11.0. The molecular formula is C19H24N2O5S. The molecule has 1 amide bonds. The van der Waals surface area contributed by atoms with E-state index in [4.69, 9.17) is 9.47 Å². The topological polar surface area (TPSA) is 93.7 Å². The van der Waals surface area contributed by atoms with Gasteiger partial charge in [0.05, 0.1) is 19.1 Å². The summed E-state index contributed by atoms with van der Waals surface area (Å²) in [7, 11) is -0.736. The Hall–Kier alpha value is -2.58. The lowest BCUT2D eigenvalue weighted by Gasteiger charge is -2.12. The molecule has 0 saturated heterocycles. The molecule has 8 heteroatoms. The Morgan fingerprint density at radius 1 is 1.04 bits per heavy atom. The van der Waals surface area contributed by atoms with E-state index in [0.717, 1.165) is 0 Å². The molecule has 0 aliphatic heterocycles. The highest BCUT2D eigenvalue weighted by atomic mass is 32.2. The lowest BCUT2D eigenvalue weighted by Crippen LogP contribution is -2.30. The molecule has 7 nitrogen and oxygen atoms in total. The first-order chi connectivity index (χ1) is 12.8. The first-order valence-corrected chi connectivity index (χ1v) is 9.86. The van der Waals surface area contributed by atoms with Gasteiger partial charge in [0, 0.05) is 18.2 Å². The summed E-state index contributed by atoms with van der Waals surface area (Å²) in [4.78, 5) is 12.1. The predicted octanol–water partition coefficient (Wildman–Crippen LogP) is 2.32. The van der Waals surface area contributed by atoms with Gasteiger partial charge < -0.3 is 14.8 Å². The van der Waals surface area contributed by atoms with Crippen molar-refractivity contribution in [3.05, 3.63) is 53.6 Å². The monoisotopic (exact) mass is 392 g/mol. The van der Waals surface area contributed by atoms with Crippen LogP contribution in [-0.2, 0) is 16.6 Å². The van der Waals surface area contributed by atoms with Crippen LogP contribution in [0.2, 0.25) is 0 Å². The van der Waals surface area contributed by atoms with Gasteiger partial charge >= 0.3 is 0 Å². The zero-order chi connectivity index (χ0) is 20.0. The maximum absolute atomic E-state index is 12.6. The molecule has 0 aliphatic rings. The minimum Gasteiger partial charge on any atom is -0.493 e. The van der Waals surface area contributed by atoms with Crippen LogP contribution in [0.3, 0.4) is 0 Å². The summed E-state index contributed by atoms with van der Waals surface area (Å²) in [5.74, 6) is 0.761. The molecule has 0 aromatic heterocycles. The average molecular weight is 392 g/mol. The number of nitrogens with one attached hydrogen (secondary N) is 2. The third kappa shape index (κ3) is 5.45. The smallest absolute Gasteiger partial charge is 0.251 e. The largest absolute Gasteiger partial charge is 0.493 e. The molecule has 2 aromatic carbocycles. The van der Waals surface area contributed by atoms with E-state index in [1.54, 1.807) is 30.3 Å². The lowest BCUT2D eigenvalue weighted by atomic mass is 10.2. The highest BCUT2D eigenvalue weighted by molar-refractivity contribution is 7.89. The van der Waals surface area contributed by atoms with Gasteiger partial charge in [0.25, 0.3) is 5.91 Å². The van der Waals surface area contributed by atoms with Gasteiger partial charge in [0.1, 0.15) is 0 Å². The lowest BCUT2D eigenvalue weighted by molar-refractivity contribution is 0.0943. The molecule has 2 rings (SSSR count). The van der Waals surface area contributed by atoms with Gasteiger partial charge in [-0.05, 0) is 49.7 Å². The van der Waals surface area contributed by atoms with Crippen molar-refractivity contribution in [1.29, 1.82) is 0 Å². The van der Waals surface area contributed by atoms with Crippen LogP contribution < -0.4 is 19.5 Å². The molecule has 146 valence electrons. The molecule has 0 bridgehead atoms. The van der Waals surface area contributed by atoms with Crippen molar-refractivity contribution in [3.8, 4) is 11.5 Å². The Morgan fingerprint density at radius 3 is 2.37 bits per heavy atom. The molecule has 27 heavy (non-hydrogen) atoms. The van der Waals surface area contributed by atoms with Crippen molar-refractivity contribution in [3.63, 3.8) is 0 Å². The van der Waals surface area contributed by atoms with Crippen LogP contribution in [0, 0.1) is 0 Å². The molecule has 0 aliphatic carbocycles. The number of sulfonamides is 1. The van der Waals surface area contributed by atoms with Gasteiger partial charge in [-0.15, -0.1) is 0 Å². The number of carbonyl (C=O) groups is 1. The second kappa shape index (κ2) is 8.88. The number of amides is 1. The van der Waals surface area contributed by atoms with Crippen LogP contribution in [0.5, 0.6) is 11.5 Å². The zero-order valence-corrected chi connectivity index (χ0v) is 16.6. The summed E-state index contributed by atoms with van der Waals surface area (Å²) in [5.41, 5.74) is 1.00. The fraction of sp³-hybridized carbons (Fsp3) is 0.316. The Labute approximate surface area is 159 Å².